The Bertz CT molecular complexity index is 864. The fraction of sp³-hybridized carbons (Fsp3) is 0.409. The highest BCUT2D eigenvalue weighted by atomic mass is 15.2. The molecule has 0 amide bonds. The number of pyridine rings is 1. The van der Waals surface area contributed by atoms with Crippen molar-refractivity contribution < 1.29 is 0 Å². The molecular weight excluding hydrogens is 334 g/mol. The lowest BCUT2D eigenvalue weighted by molar-refractivity contribution is 0.365. The SMILES string of the molecule is CCc1ccc(C(C)(C)CC(C)(C)Nc2cccc(-c3ncn[nH]3)c2)nc1. The lowest BCUT2D eigenvalue weighted by Crippen LogP contribution is -2.38. The van der Waals surface area contributed by atoms with E-state index in [4.69, 9.17) is 4.98 Å². The van der Waals surface area contributed by atoms with Crippen LogP contribution < -0.4 is 5.32 Å². The van der Waals surface area contributed by atoms with Crippen LogP contribution >= 0.6 is 0 Å². The third-order valence-corrected chi connectivity index (χ3v) is 4.84. The molecule has 0 atom stereocenters. The Hall–Kier alpha value is -2.69. The minimum absolute atomic E-state index is 0.0364. The second-order valence-corrected chi connectivity index (χ2v) is 8.39. The molecule has 0 fully saturated rings. The summed E-state index contributed by atoms with van der Waals surface area (Å²) < 4.78 is 0. The van der Waals surface area contributed by atoms with E-state index in [2.05, 4.69) is 79.4 Å². The molecule has 2 aromatic heterocycles. The zero-order valence-electron chi connectivity index (χ0n) is 16.9. The van der Waals surface area contributed by atoms with Crippen molar-refractivity contribution >= 4 is 5.69 Å². The number of nitrogens with zero attached hydrogens (tertiary/aromatic N) is 3. The van der Waals surface area contributed by atoms with Crippen LogP contribution in [0.4, 0.5) is 5.69 Å². The van der Waals surface area contributed by atoms with Crippen LogP contribution in [-0.2, 0) is 11.8 Å². The van der Waals surface area contributed by atoms with Crippen LogP contribution in [0.15, 0.2) is 48.9 Å². The highest BCUT2D eigenvalue weighted by Gasteiger charge is 2.31. The Labute approximate surface area is 161 Å². The molecule has 2 heterocycles. The van der Waals surface area contributed by atoms with Crippen molar-refractivity contribution in [2.75, 3.05) is 5.32 Å². The number of aryl methyl sites for hydroxylation is 1. The fourth-order valence-corrected chi connectivity index (χ4v) is 3.75. The third-order valence-electron chi connectivity index (χ3n) is 4.84. The normalized spacial score (nSPS) is 12.2. The van der Waals surface area contributed by atoms with Gasteiger partial charge < -0.3 is 5.32 Å². The Morgan fingerprint density at radius 2 is 1.85 bits per heavy atom. The third kappa shape index (κ3) is 4.73. The van der Waals surface area contributed by atoms with Crippen LogP contribution in [0.2, 0.25) is 0 Å². The van der Waals surface area contributed by atoms with E-state index in [0.29, 0.717) is 0 Å². The Balaban J connectivity index is 1.75. The van der Waals surface area contributed by atoms with E-state index < -0.39 is 0 Å². The van der Waals surface area contributed by atoms with Crippen molar-refractivity contribution in [1.29, 1.82) is 0 Å². The summed E-state index contributed by atoms with van der Waals surface area (Å²) in [4.78, 5) is 8.95. The van der Waals surface area contributed by atoms with Gasteiger partial charge in [-0.2, -0.15) is 5.10 Å². The topological polar surface area (TPSA) is 66.5 Å². The minimum atomic E-state index is -0.103. The van der Waals surface area contributed by atoms with Crippen molar-refractivity contribution in [2.24, 2.45) is 0 Å². The van der Waals surface area contributed by atoms with Gasteiger partial charge in [0.2, 0.25) is 0 Å². The summed E-state index contributed by atoms with van der Waals surface area (Å²) in [6, 6.07) is 12.6. The average molecular weight is 364 g/mol. The number of nitrogens with one attached hydrogen (secondary N) is 2. The second-order valence-electron chi connectivity index (χ2n) is 8.39. The quantitative estimate of drug-likeness (QED) is 0.621. The summed E-state index contributed by atoms with van der Waals surface area (Å²) in [6.45, 7) is 11.1. The number of hydrogen-bond acceptors (Lipinski definition) is 4. The van der Waals surface area contributed by atoms with Crippen LogP contribution in [-0.4, -0.2) is 25.7 Å². The van der Waals surface area contributed by atoms with E-state index in [-0.39, 0.29) is 11.0 Å². The maximum Gasteiger partial charge on any atom is 0.155 e. The number of H-pyrrole nitrogens is 1. The fourth-order valence-electron chi connectivity index (χ4n) is 3.75. The lowest BCUT2D eigenvalue weighted by Gasteiger charge is -2.36. The van der Waals surface area contributed by atoms with Gasteiger partial charge >= 0.3 is 0 Å². The standard InChI is InChI=1S/C22H29N5/c1-6-16-10-11-19(23-13-16)21(2,3)14-22(4,5)26-18-9-7-8-17(12-18)20-24-15-25-27-20/h7-13,15,26H,6,14H2,1-5H3,(H,24,25,27). The maximum absolute atomic E-state index is 4.71. The molecule has 0 aliphatic carbocycles. The molecule has 0 bridgehead atoms. The van der Waals surface area contributed by atoms with Gasteiger partial charge in [-0.25, -0.2) is 4.98 Å². The summed E-state index contributed by atoms with van der Waals surface area (Å²) in [7, 11) is 0. The first-order chi connectivity index (χ1) is 12.8. The molecule has 0 aliphatic heterocycles. The predicted octanol–water partition coefficient (Wildman–Crippen LogP) is 4.99. The smallest absolute Gasteiger partial charge is 0.155 e. The number of aromatic nitrogens is 4. The molecule has 3 rings (SSSR count). The predicted molar refractivity (Wildman–Crippen MR) is 111 cm³/mol. The van der Waals surface area contributed by atoms with Gasteiger partial charge in [0, 0.05) is 34.1 Å². The average Bonchev–Trinajstić information content (AvgIpc) is 3.15. The van der Waals surface area contributed by atoms with E-state index in [1.807, 2.05) is 18.3 Å². The van der Waals surface area contributed by atoms with Gasteiger partial charge in [-0.15, -0.1) is 0 Å². The molecule has 0 aliphatic rings. The number of anilines is 1. The van der Waals surface area contributed by atoms with Gasteiger partial charge in [0.25, 0.3) is 0 Å². The molecule has 2 N–H and O–H groups in total. The maximum atomic E-state index is 4.71. The highest BCUT2D eigenvalue weighted by molar-refractivity contribution is 5.62. The number of aromatic amines is 1. The van der Waals surface area contributed by atoms with E-state index in [9.17, 15) is 0 Å². The molecule has 27 heavy (non-hydrogen) atoms. The largest absolute Gasteiger partial charge is 0.380 e. The first-order valence-corrected chi connectivity index (χ1v) is 9.48. The molecule has 0 radical (unpaired) electrons. The van der Waals surface area contributed by atoms with Crippen molar-refractivity contribution in [2.45, 2.75) is 58.4 Å². The first kappa shape index (κ1) is 19.1. The van der Waals surface area contributed by atoms with Gasteiger partial charge in [0.05, 0.1) is 0 Å². The van der Waals surface area contributed by atoms with E-state index in [1.165, 1.54) is 11.9 Å². The molecule has 0 saturated heterocycles. The zero-order chi connectivity index (χ0) is 19.5. The Morgan fingerprint density at radius 1 is 1.04 bits per heavy atom. The summed E-state index contributed by atoms with van der Waals surface area (Å²) in [5, 5.41) is 10.5. The summed E-state index contributed by atoms with van der Waals surface area (Å²) in [5.41, 5.74) is 4.35. The number of rotatable bonds is 7. The summed E-state index contributed by atoms with van der Waals surface area (Å²) >= 11 is 0. The monoisotopic (exact) mass is 363 g/mol. The molecule has 5 heteroatoms. The van der Waals surface area contributed by atoms with Gasteiger partial charge in [-0.05, 0) is 50.5 Å². The number of benzene rings is 1. The van der Waals surface area contributed by atoms with E-state index in [0.717, 1.165) is 35.6 Å². The van der Waals surface area contributed by atoms with Gasteiger partial charge in [0.15, 0.2) is 5.82 Å². The van der Waals surface area contributed by atoms with E-state index >= 15 is 0 Å². The molecule has 5 nitrogen and oxygen atoms in total. The Morgan fingerprint density at radius 3 is 2.48 bits per heavy atom. The minimum Gasteiger partial charge on any atom is -0.380 e. The molecule has 1 aromatic carbocycles. The lowest BCUT2D eigenvalue weighted by atomic mass is 9.77. The van der Waals surface area contributed by atoms with Crippen LogP contribution in [0.5, 0.6) is 0 Å². The highest BCUT2D eigenvalue weighted by Crippen LogP contribution is 2.33. The molecule has 142 valence electrons. The molecule has 0 saturated carbocycles. The second kappa shape index (κ2) is 7.51. The number of hydrogen-bond donors (Lipinski definition) is 2. The van der Waals surface area contributed by atoms with Crippen LogP contribution in [0.1, 0.15) is 52.3 Å². The molecule has 0 unspecified atom stereocenters. The summed E-state index contributed by atoms with van der Waals surface area (Å²) in [5.74, 6) is 0.775. The molecule has 0 spiro atoms. The summed E-state index contributed by atoms with van der Waals surface area (Å²) in [6.07, 6.45) is 5.49. The first-order valence-electron chi connectivity index (χ1n) is 9.48. The Kier molecular flexibility index (Phi) is 5.31. The van der Waals surface area contributed by atoms with Crippen molar-refractivity contribution in [3.63, 3.8) is 0 Å². The van der Waals surface area contributed by atoms with Crippen LogP contribution in [0.25, 0.3) is 11.4 Å². The van der Waals surface area contributed by atoms with Crippen molar-refractivity contribution in [3.8, 4) is 11.4 Å². The van der Waals surface area contributed by atoms with Crippen LogP contribution in [0.3, 0.4) is 0 Å². The van der Waals surface area contributed by atoms with Crippen LogP contribution in [0, 0.1) is 0 Å². The van der Waals surface area contributed by atoms with E-state index in [1.54, 1.807) is 0 Å². The van der Waals surface area contributed by atoms with Gasteiger partial charge in [-0.3, -0.25) is 10.1 Å². The zero-order valence-corrected chi connectivity index (χ0v) is 16.9. The van der Waals surface area contributed by atoms with Gasteiger partial charge in [-0.1, -0.05) is 39.0 Å². The van der Waals surface area contributed by atoms with Crippen molar-refractivity contribution in [3.05, 3.63) is 60.2 Å². The van der Waals surface area contributed by atoms with Crippen molar-refractivity contribution in [1.82, 2.24) is 20.2 Å². The molecule has 3 aromatic rings. The van der Waals surface area contributed by atoms with Gasteiger partial charge in [0.1, 0.15) is 6.33 Å². The molecular formula is C22H29N5.